The molecule has 1 fully saturated rings. The van der Waals surface area contributed by atoms with Gasteiger partial charge in [0.1, 0.15) is 0 Å². The third kappa shape index (κ3) is 4.72. The van der Waals surface area contributed by atoms with Gasteiger partial charge < -0.3 is 15.2 Å². The van der Waals surface area contributed by atoms with E-state index in [1.54, 1.807) is 0 Å². The van der Waals surface area contributed by atoms with Gasteiger partial charge in [0.05, 0.1) is 0 Å². The highest BCUT2D eigenvalue weighted by Crippen LogP contribution is 2.52. The van der Waals surface area contributed by atoms with Crippen molar-refractivity contribution in [3.8, 4) is 0 Å². The number of urea groups is 1. The minimum Gasteiger partial charge on any atom is -0.361 e. The van der Waals surface area contributed by atoms with Crippen LogP contribution in [0.4, 0.5) is 4.79 Å². The summed E-state index contributed by atoms with van der Waals surface area (Å²) < 4.78 is 0. The number of carbonyl (C=O) groups is 2. The van der Waals surface area contributed by atoms with E-state index in [2.05, 4.69) is 46.2 Å². The summed E-state index contributed by atoms with van der Waals surface area (Å²) in [4.78, 5) is 33.6. The number of fused-ring (bicyclic) bond motifs is 2. The topological polar surface area (TPSA) is 68.4 Å². The molecule has 4 atom stereocenters. The first-order valence-electron chi connectivity index (χ1n) is 12.4. The number of rotatable bonds is 8. The quantitative estimate of drug-likeness (QED) is 0.581. The van der Waals surface area contributed by atoms with E-state index in [9.17, 15) is 9.59 Å². The van der Waals surface area contributed by atoms with E-state index in [-0.39, 0.29) is 17.9 Å². The summed E-state index contributed by atoms with van der Waals surface area (Å²) in [6, 6.07) is 6.24. The Bertz CT molecular complexity index is 1010. The number of carbonyl (C=O) groups excluding carboxylic acids is 2. The van der Waals surface area contributed by atoms with Crippen LogP contribution in [0.25, 0.3) is 10.9 Å². The molecule has 1 aromatic carbocycles. The lowest BCUT2D eigenvalue weighted by Gasteiger charge is -2.45. The van der Waals surface area contributed by atoms with E-state index in [4.69, 9.17) is 0 Å². The summed E-state index contributed by atoms with van der Waals surface area (Å²) in [5, 5.41) is 4.20. The number of aromatic amines is 1. The van der Waals surface area contributed by atoms with Crippen molar-refractivity contribution >= 4 is 22.8 Å². The Kier molecular flexibility index (Phi) is 7.23. The molecule has 2 aliphatic carbocycles. The molecule has 0 radical (unpaired) electrons. The Morgan fingerprint density at radius 2 is 2.06 bits per heavy atom. The summed E-state index contributed by atoms with van der Waals surface area (Å²) in [6.07, 6.45) is 8.52. The van der Waals surface area contributed by atoms with E-state index in [0.29, 0.717) is 30.8 Å². The first-order chi connectivity index (χ1) is 15.9. The van der Waals surface area contributed by atoms with E-state index in [1.165, 1.54) is 26.9 Å². The molecule has 2 aliphatic rings. The molecule has 1 heterocycles. The number of nitrogens with zero attached hydrogens (tertiary/aromatic N) is 2. The summed E-state index contributed by atoms with van der Waals surface area (Å²) in [5.74, 6) is 1.08. The normalized spacial score (nSPS) is 23.9. The zero-order valence-corrected chi connectivity index (χ0v) is 20.3. The number of benzene rings is 1. The van der Waals surface area contributed by atoms with Crippen molar-refractivity contribution < 1.29 is 9.59 Å². The molecule has 1 unspecified atom stereocenters. The smallest absolute Gasteiger partial charge is 0.324 e. The fraction of sp³-hybridized carbons (Fsp3) is 0.556. The monoisotopic (exact) mass is 450 g/mol. The second kappa shape index (κ2) is 10.1. The lowest BCUT2D eigenvalue weighted by atomic mass is 9.60. The van der Waals surface area contributed by atoms with Crippen molar-refractivity contribution in [2.75, 3.05) is 33.7 Å². The highest BCUT2D eigenvalue weighted by molar-refractivity contribution is 5.96. The Morgan fingerprint density at radius 3 is 2.79 bits per heavy atom. The molecular formula is C27H38N4O2. The maximum absolute atomic E-state index is 13.8. The van der Waals surface area contributed by atoms with Crippen LogP contribution in [0.1, 0.15) is 49.7 Å². The zero-order valence-electron chi connectivity index (χ0n) is 20.3. The Hall–Kier alpha value is -2.60. The summed E-state index contributed by atoms with van der Waals surface area (Å²) in [6.45, 7) is 7.72. The Labute approximate surface area is 197 Å². The average Bonchev–Trinajstić information content (AvgIpc) is 3.21. The fourth-order valence-corrected chi connectivity index (χ4v) is 6.13. The SMILES string of the molecule is C=CCC1C[C@H](C(=O)N(CCCN(C)C)C(=O)NCC)C[C@@H]2c3cccc4[nH]cc(c34)C[C@@H]12. The molecule has 0 bridgehead atoms. The molecule has 0 spiro atoms. The minimum absolute atomic E-state index is 0.0146. The Balaban J connectivity index is 1.61. The van der Waals surface area contributed by atoms with Crippen molar-refractivity contribution in [2.24, 2.45) is 17.8 Å². The van der Waals surface area contributed by atoms with Crippen LogP contribution in [0.2, 0.25) is 0 Å². The number of hydrogen-bond donors (Lipinski definition) is 2. The van der Waals surface area contributed by atoms with Gasteiger partial charge in [-0.05, 0) is 94.6 Å². The molecule has 1 saturated carbocycles. The van der Waals surface area contributed by atoms with Gasteiger partial charge in [-0.1, -0.05) is 18.2 Å². The first kappa shape index (κ1) is 23.6. The van der Waals surface area contributed by atoms with Gasteiger partial charge in [0.25, 0.3) is 0 Å². The number of amides is 3. The fourth-order valence-electron chi connectivity index (χ4n) is 6.13. The highest BCUT2D eigenvalue weighted by Gasteiger charge is 2.44. The molecule has 2 N–H and O–H groups in total. The third-order valence-corrected chi connectivity index (χ3v) is 7.57. The van der Waals surface area contributed by atoms with Crippen molar-refractivity contribution in [3.05, 3.63) is 48.2 Å². The molecule has 0 saturated heterocycles. The number of allylic oxidation sites excluding steroid dienone is 1. The van der Waals surface area contributed by atoms with Crippen molar-refractivity contribution in [1.29, 1.82) is 0 Å². The molecule has 6 heteroatoms. The number of H-pyrrole nitrogens is 1. The maximum atomic E-state index is 13.8. The number of imide groups is 1. The minimum atomic E-state index is -0.262. The molecule has 33 heavy (non-hydrogen) atoms. The van der Waals surface area contributed by atoms with Gasteiger partial charge in [0.2, 0.25) is 5.91 Å². The van der Waals surface area contributed by atoms with Gasteiger partial charge in [0.15, 0.2) is 0 Å². The molecule has 3 amide bonds. The number of aromatic nitrogens is 1. The van der Waals surface area contributed by atoms with Crippen LogP contribution < -0.4 is 5.32 Å². The van der Waals surface area contributed by atoms with Gasteiger partial charge >= 0.3 is 6.03 Å². The number of nitrogens with one attached hydrogen (secondary N) is 2. The number of hydrogen-bond acceptors (Lipinski definition) is 3. The van der Waals surface area contributed by atoms with Crippen LogP contribution in [-0.4, -0.2) is 60.5 Å². The molecule has 0 aliphatic heterocycles. The summed E-state index contributed by atoms with van der Waals surface area (Å²) in [7, 11) is 4.02. The highest BCUT2D eigenvalue weighted by atomic mass is 16.2. The summed E-state index contributed by atoms with van der Waals surface area (Å²) >= 11 is 0. The van der Waals surface area contributed by atoms with Crippen molar-refractivity contribution in [3.63, 3.8) is 0 Å². The molecule has 1 aromatic heterocycles. The maximum Gasteiger partial charge on any atom is 0.324 e. The standard InChI is InChI=1S/C27H38N4O2/c1-5-9-18-14-19(26(32)31(27(33)28-6-2)13-8-12-30(3)4)15-23-21-10-7-11-24-25(21)20(17-29-24)16-22(18)23/h5,7,10-11,17-19,22-23,29H,1,6,8-9,12-16H2,2-4H3,(H,28,33)/t18?,19-,22-,23+/m0/s1. The summed E-state index contributed by atoms with van der Waals surface area (Å²) in [5.41, 5.74) is 3.94. The van der Waals surface area contributed by atoms with Crippen LogP contribution >= 0.6 is 0 Å². The van der Waals surface area contributed by atoms with E-state index in [0.717, 1.165) is 38.6 Å². The van der Waals surface area contributed by atoms with Gasteiger partial charge in [-0.3, -0.25) is 9.69 Å². The van der Waals surface area contributed by atoms with E-state index >= 15 is 0 Å². The largest absolute Gasteiger partial charge is 0.361 e. The molecular weight excluding hydrogens is 412 g/mol. The molecule has 4 rings (SSSR count). The van der Waals surface area contributed by atoms with E-state index in [1.807, 2.05) is 27.1 Å². The van der Waals surface area contributed by atoms with Crippen molar-refractivity contribution in [1.82, 2.24) is 20.1 Å². The van der Waals surface area contributed by atoms with Crippen LogP contribution in [-0.2, 0) is 11.2 Å². The first-order valence-corrected chi connectivity index (χ1v) is 12.4. The zero-order chi connectivity index (χ0) is 23.5. The predicted octanol–water partition coefficient (Wildman–Crippen LogP) is 4.54. The van der Waals surface area contributed by atoms with Crippen LogP contribution in [0.15, 0.2) is 37.1 Å². The van der Waals surface area contributed by atoms with Gasteiger partial charge in [-0.15, -0.1) is 6.58 Å². The Morgan fingerprint density at radius 1 is 1.24 bits per heavy atom. The lowest BCUT2D eigenvalue weighted by Crippen LogP contribution is -2.49. The van der Waals surface area contributed by atoms with Crippen LogP contribution in [0.3, 0.4) is 0 Å². The second-order valence-corrected chi connectivity index (χ2v) is 9.99. The van der Waals surface area contributed by atoms with Crippen LogP contribution in [0, 0.1) is 17.8 Å². The van der Waals surface area contributed by atoms with Crippen molar-refractivity contribution in [2.45, 2.75) is 44.9 Å². The average molecular weight is 451 g/mol. The van der Waals surface area contributed by atoms with Crippen LogP contribution in [0.5, 0.6) is 0 Å². The second-order valence-electron chi connectivity index (χ2n) is 9.99. The molecule has 2 aromatic rings. The molecule has 178 valence electrons. The van der Waals surface area contributed by atoms with E-state index < -0.39 is 0 Å². The van der Waals surface area contributed by atoms with Gasteiger partial charge in [-0.2, -0.15) is 0 Å². The third-order valence-electron chi connectivity index (χ3n) is 7.57. The van der Waals surface area contributed by atoms with Gasteiger partial charge in [0, 0.05) is 36.1 Å². The lowest BCUT2D eigenvalue weighted by molar-refractivity contribution is -0.135. The van der Waals surface area contributed by atoms with Gasteiger partial charge in [-0.25, -0.2) is 4.79 Å². The molecule has 6 nitrogen and oxygen atoms in total. The predicted molar refractivity (Wildman–Crippen MR) is 133 cm³/mol.